The average Bonchev–Trinajstić information content (AvgIpc) is 4.01. The number of azide groups is 1. The van der Waals surface area contributed by atoms with Gasteiger partial charge in [0.15, 0.2) is 11.5 Å². The molecule has 23 heteroatoms. The fraction of sp³-hybridized carbons (Fsp3) is 0.341. The number of nitrogens with zero attached hydrogens (tertiary/aromatic N) is 8. The molecule has 6 aromatic rings. The zero-order chi connectivity index (χ0) is 45.2. The maximum Gasteiger partial charge on any atom is 0.472 e. The lowest BCUT2D eigenvalue weighted by Gasteiger charge is -2.37. The molecule has 7 atom stereocenters. The van der Waals surface area contributed by atoms with Crippen LogP contribution in [0.15, 0.2) is 106 Å². The Balaban J connectivity index is 1.12. The second kappa shape index (κ2) is 18.3. The first kappa shape index (κ1) is 44.2. The third-order valence-corrected chi connectivity index (χ3v) is 12.0. The lowest BCUT2D eigenvalue weighted by Crippen LogP contribution is -2.38. The molecule has 0 bridgehead atoms. The van der Waals surface area contributed by atoms with E-state index >= 15 is 0 Å². The summed E-state index contributed by atoms with van der Waals surface area (Å²) in [6.45, 7) is 0.646. The second-order valence-electron chi connectivity index (χ2n) is 14.9. The SMILES string of the molecule is COc1ccc(C(OC[C@H]2O[C@@H](n3cnc4c(N)nc(N=[N+]=[N-])nc43)C[C@@H]2OP(=O)(O)OC[C@H]2O[C@@H](n3cc(C)c(=O)[nH]c3=O)C[C@@H]2O)(c2ccccc2)c2ccc(OC)cc2)cc1. The van der Waals surface area contributed by atoms with Gasteiger partial charge in [-0.05, 0) is 58.5 Å². The maximum absolute atomic E-state index is 13.9. The van der Waals surface area contributed by atoms with E-state index in [0.29, 0.717) is 22.6 Å². The van der Waals surface area contributed by atoms with Crippen LogP contribution in [0.5, 0.6) is 11.5 Å². The first-order chi connectivity index (χ1) is 30.8. The van der Waals surface area contributed by atoms with E-state index in [1.807, 2.05) is 78.9 Å². The van der Waals surface area contributed by atoms with Crippen molar-refractivity contribution in [1.29, 1.82) is 0 Å². The van der Waals surface area contributed by atoms with Gasteiger partial charge < -0.3 is 39.4 Å². The van der Waals surface area contributed by atoms with Crippen molar-refractivity contribution >= 4 is 30.8 Å². The number of ether oxygens (including phenoxy) is 5. The van der Waals surface area contributed by atoms with Gasteiger partial charge in [0.25, 0.3) is 5.56 Å². The van der Waals surface area contributed by atoms with Gasteiger partial charge in [0.1, 0.15) is 53.4 Å². The standard InChI is InChI=1S/C41H43N10O12P/c1-23-19-50(40(54)47-38(23)53)33-17-29(52)31(61-33)21-60-64(55,56)63-30-18-34(51-22-44-35-36(42)45-39(48-49-43)46-37(35)51)62-32(30)20-59-41(24-7-5-4-6-8-24,25-9-13-27(57-2)14-10-25)26-11-15-28(58-3)16-12-26/h4-16,19,22,29-34,52H,17-18,20-21H2,1-3H3,(H,55,56)(H2,42,45,46)(H,47,53,54)/t29-,30-,31+,32+,33+,34+/m0/s1. The van der Waals surface area contributed by atoms with Crippen LogP contribution in [0.4, 0.5) is 11.8 Å². The predicted octanol–water partition coefficient (Wildman–Crippen LogP) is 4.67. The number of phosphoric ester groups is 1. The number of nitrogens with two attached hydrogens (primary N) is 1. The van der Waals surface area contributed by atoms with Crippen molar-refractivity contribution in [2.75, 3.05) is 33.2 Å². The molecule has 2 fully saturated rings. The number of aromatic amines is 1. The number of imidazole rings is 1. The van der Waals surface area contributed by atoms with Crippen molar-refractivity contribution < 1.29 is 47.3 Å². The van der Waals surface area contributed by atoms with Crippen LogP contribution in [-0.4, -0.2) is 90.9 Å². The molecule has 2 aliphatic heterocycles. The number of phosphoric acid groups is 1. The van der Waals surface area contributed by atoms with Crippen molar-refractivity contribution in [3.05, 3.63) is 145 Å². The van der Waals surface area contributed by atoms with Crippen LogP contribution in [0.1, 0.15) is 47.6 Å². The molecular weight excluding hydrogens is 855 g/mol. The number of rotatable bonds is 16. The summed E-state index contributed by atoms with van der Waals surface area (Å²) in [6, 6.07) is 24.2. The van der Waals surface area contributed by atoms with E-state index in [2.05, 4.69) is 30.0 Å². The van der Waals surface area contributed by atoms with E-state index in [-0.39, 0.29) is 47.9 Å². The molecule has 1 unspecified atom stereocenters. The Kier molecular flexibility index (Phi) is 12.7. The van der Waals surface area contributed by atoms with Crippen LogP contribution in [-0.2, 0) is 33.4 Å². The summed E-state index contributed by atoms with van der Waals surface area (Å²) in [7, 11) is -1.87. The monoisotopic (exact) mass is 898 g/mol. The zero-order valence-corrected chi connectivity index (χ0v) is 35.4. The maximum atomic E-state index is 13.9. The number of H-pyrrole nitrogens is 1. The number of anilines is 1. The number of hydrogen-bond donors (Lipinski definition) is 4. The Morgan fingerprint density at radius 2 is 1.55 bits per heavy atom. The molecule has 5 heterocycles. The number of aliphatic hydroxyl groups is 1. The number of nitrogens with one attached hydrogen (secondary N) is 1. The molecule has 5 N–H and O–H groups in total. The summed E-state index contributed by atoms with van der Waals surface area (Å²) < 4.78 is 58.3. The number of nitrogen functional groups attached to an aromatic ring is 1. The number of benzene rings is 3. The lowest BCUT2D eigenvalue weighted by atomic mass is 9.80. The van der Waals surface area contributed by atoms with Gasteiger partial charge in [-0.25, -0.2) is 24.3 Å². The lowest BCUT2D eigenvalue weighted by molar-refractivity contribution is -0.0939. The van der Waals surface area contributed by atoms with E-state index in [4.69, 9.17) is 44.0 Å². The van der Waals surface area contributed by atoms with Gasteiger partial charge in [-0.15, -0.1) is 0 Å². The van der Waals surface area contributed by atoms with E-state index in [0.717, 1.165) is 10.1 Å². The Hall–Kier alpha value is -6.45. The van der Waals surface area contributed by atoms with Gasteiger partial charge in [0.2, 0.25) is 5.95 Å². The third-order valence-electron chi connectivity index (χ3n) is 11.0. The summed E-state index contributed by atoms with van der Waals surface area (Å²) in [4.78, 5) is 53.3. The van der Waals surface area contributed by atoms with Crippen molar-refractivity contribution in [2.45, 2.75) is 62.2 Å². The molecule has 0 radical (unpaired) electrons. The number of fused-ring (bicyclic) bond motifs is 1. The van der Waals surface area contributed by atoms with Crippen LogP contribution in [0.25, 0.3) is 21.6 Å². The van der Waals surface area contributed by atoms with Crippen molar-refractivity contribution in [3.8, 4) is 11.5 Å². The summed E-state index contributed by atoms with van der Waals surface area (Å²) >= 11 is 0. The van der Waals surface area contributed by atoms with Crippen LogP contribution < -0.4 is 26.5 Å². The van der Waals surface area contributed by atoms with E-state index < -0.39 is 68.2 Å². The molecule has 3 aromatic heterocycles. The summed E-state index contributed by atoms with van der Waals surface area (Å²) in [5.41, 5.74) is 15.3. The predicted molar refractivity (Wildman–Crippen MR) is 227 cm³/mol. The highest BCUT2D eigenvalue weighted by Crippen LogP contribution is 2.50. The van der Waals surface area contributed by atoms with Gasteiger partial charge in [0.05, 0.1) is 39.9 Å². The molecule has 8 rings (SSSR count). The number of aliphatic hydroxyl groups excluding tert-OH is 1. The number of hydrogen-bond acceptors (Lipinski definition) is 16. The molecule has 2 saturated heterocycles. The summed E-state index contributed by atoms with van der Waals surface area (Å²) in [5.74, 6) is 0.901. The van der Waals surface area contributed by atoms with Gasteiger partial charge in [-0.1, -0.05) is 54.6 Å². The van der Waals surface area contributed by atoms with E-state index in [9.17, 15) is 24.2 Å². The second-order valence-corrected chi connectivity index (χ2v) is 16.3. The first-order valence-electron chi connectivity index (χ1n) is 19.8. The van der Waals surface area contributed by atoms with Crippen molar-refractivity contribution in [3.63, 3.8) is 0 Å². The Labute approximate surface area is 363 Å². The Morgan fingerprint density at radius 3 is 2.19 bits per heavy atom. The van der Waals surface area contributed by atoms with Crippen molar-refractivity contribution in [1.82, 2.24) is 29.1 Å². The van der Waals surface area contributed by atoms with Gasteiger partial charge in [-0.2, -0.15) is 0 Å². The van der Waals surface area contributed by atoms with Crippen LogP contribution in [0.2, 0.25) is 0 Å². The molecule has 3 aromatic carbocycles. The summed E-state index contributed by atoms with van der Waals surface area (Å²) in [5, 5.41) is 14.3. The molecule has 0 saturated carbocycles. The zero-order valence-electron chi connectivity index (χ0n) is 34.5. The van der Waals surface area contributed by atoms with Crippen LogP contribution in [0.3, 0.4) is 0 Å². The van der Waals surface area contributed by atoms with Gasteiger partial charge in [-0.3, -0.25) is 28.0 Å². The fourth-order valence-electron chi connectivity index (χ4n) is 7.84. The quantitative estimate of drug-likeness (QED) is 0.0337. The molecule has 2 aliphatic rings. The largest absolute Gasteiger partial charge is 0.497 e. The molecule has 64 heavy (non-hydrogen) atoms. The van der Waals surface area contributed by atoms with Crippen LogP contribution >= 0.6 is 7.82 Å². The first-order valence-corrected chi connectivity index (χ1v) is 21.3. The highest BCUT2D eigenvalue weighted by atomic mass is 31.2. The molecule has 334 valence electrons. The van der Waals surface area contributed by atoms with Crippen molar-refractivity contribution in [2.24, 2.45) is 5.11 Å². The smallest absolute Gasteiger partial charge is 0.472 e. The van der Waals surface area contributed by atoms with E-state index in [1.54, 1.807) is 14.2 Å². The highest BCUT2D eigenvalue weighted by molar-refractivity contribution is 7.47. The van der Waals surface area contributed by atoms with Crippen LogP contribution in [0, 0.1) is 6.92 Å². The fourth-order valence-corrected chi connectivity index (χ4v) is 8.80. The molecule has 22 nitrogen and oxygen atoms in total. The minimum atomic E-state index is -5.00. The molecule has 0 aliphatic carbocycles. The minimum absolute atomic E-state index is 0.0594. The van der Waals surface area contributed by atoms with E-state index in [1.165, 1.54) is 24.0 Å². The Morgan fingerprint density at radius 1 is 0.922 bits per heavy atom. The molecular formula is C41H43N10O12P. The summed E-state index contributed by atoms with van der Waals surface area (Å²) in [6.07, 6.45) is -4.11. The number of aryl methyl sites for hydroxylation is 1. The Bertz CT molecular complexity index is 2790. The molecule has 0 amide bonds. The average molecular weight is 899 g/mol. The topological polar surface area (TPSA) is 295 Å². The normalized spacial score (nSPS) is 22.0. The highest BCUT2D eigenvalue weighted by Gasteiger charge is 2.46. The minimum Gasteiger partial charge on any atom is -0.497 e. The molecule has 0 spiro atoms. The van der Waals surface area contributed by atoms with Gasteiger partial charge in [0, 0.05) is 29.5 Å². The third kappa shape index (κ3) is 8.87. The number of aromatic nitrogens is 6. The van der Waals surface area contributed by atoms with Gasteiger partial charge >= 0.3 is 13.5 Å². The number of methoxy groups -OCH3 is 2.